The van der Waals surface area contributed by atoms with Crippen molar-refractivity contribution in [1.82, 2.24) is 10.2 Å². The summed E-state index contributed by atoms with van der Waals surface area (Å²) in [6.45, 7) is 4.61. The topological polar surface area (TPSA) is 41.6 Å². The second-order valence-electron chi connectivity index (χ2n) is 4.81. The van der Waals surface area contributed by atoms with Gasteiger partial charge in [-0.05, 0) is 25.1 Å². The van der Waals surface area contributed by atoms with Crippen LogP contribution in [0.15, 0.2) is 18.2 Å². The number of ether oxygens (including phenoxy) is 1. The van der Waals surface area contributed by atoms with E-state index in [4.69, 9.17) is 16.3 Å². The Morgan fingerprint density at radius 1 is 1.57 bits per heavy atom. The third-order valence-electron chi connectivity index (χ3n) is 3.29. The summed E-state index contributed by atoms with van der Waals surface area (Å²) in [6.07, 6.45) is 0.290. The predicted octanol–water partition coefficient (Wildman–Crippen LogP) is 2.49. The monoisotopic (exact) mass is 336 g/mol. The van der Waals surface area contributed by atoms with Crippen molar-refractivity contribution in [2.24, 2.45) is 0 Å². The maximum absolute atomic E-state index is 12.9. The van der Waals surface area contributed by atoms with E-state index >= 15 is 0 Å². The predicted molar refractivity (Wildman–Crippen MR) is 82.8 cm³/mol. The number of benzene rings is 1. The molecule has 1 heterocycles. The minimum atomic E-state index is -0.409. The summed E-state index contributed by atoms with van der Waals surface area (Å²) in [4.78, 5) is 13.9. The van der Waals surface area contributed by atoms with Crippen molar-refractivity contribution in [3.63, 3.8) is 0 Å². The molecule has 1 aromatic carbocycles. The summed E-state index contributed by atoms with van der Waals surface area (Å²) in [5, 5.41) is 3.45. The van der Waals surface area contributed by atoms with Crippen LogP contribution >= 0.6 is 24.0 Å². The van der Waals surface area contributed by atoms with Crippen LogP contribution in [0.25, 0.3) is 0 Å². The van der Waals surface area contributed by atoms with Gasteiger partial charge in [-0.3, -0.25) is 4.79 Å². The molecule has 4 nitrogen and oxygen atoms in total. The lowest BCUT2D eigenvalue weighted by molar-refractivity contribution is -0.134. The molecule has 1 saturated heterocycles. The smallest absolute Gasteiger partial charge is 0.226 e. The molecule has 118 valence electrons. The lowest BCUT2D eigenvalue weighted by Gasteiger charge is -2.34. The van der Waals surface area contributed by atoms with E-state index < -0.39 is 5.82 Å². The van der Waals surface area contributed by atoms with Crippen LogP contribution < -0.4 is 10.1 Å². The maximum atomic E-state index is 12.9. The van der Waals surface area contributed by atoms with Crippen molar-refractivity contribution >= 4 is 29.9 Å². The quantitative estimate of drug-likeness (QED) is 0.918. The van der Waals surface area contributed by atoms with Crippen LogP contribution in [0, 0.1) is 5.82 Å². The van der Waals surface area contributed by atoms with Crippen molar-refractivity contribution in [2.45, 2.75) is 19.4 Å². The first-order chi connectivity index (χ1) is 9.58. The van der Waals surface area contributed by atoms with Crippen molar-refractivity contribution in [3.8, 4) is 5.75 Å². The van der Waals surface area contributed by atoms with Crippen molar-refractivity contribution < 1.29 is 13.9 Å². The van der Waals surface area contributed by atoms with Crippen LogP contribution in [-0.4, -0.2) is 43.1 Å². The standard InChI is InChI=1S/C14H18ClFN2O2.ClH/c1-10-9-17-5-6-18(10)14(19)4-7-20-13-3-2-11(16)8-12(13)15;/h2-3,8,10,17H,4-7,9H2,1H3;1H/t10-;/m0./s1. The Bertz CT molecular complexity index is 488. The molecule has 0 aliphatic carbocycles. The van der Waals surface area contributed by atoms with Crippen LogP contribution in [-0.2, 0) is 4.79 Å². The second-order valence-corrected chi connectivity index (χ2v) is 5.22. The van der Waals surface area contributed by atoms with Gasteiger partial charge in [-0.25, -0.2) is 4.39 Å². The summed E-state index contributed by atoms with van der Waals surface area (Å²) in [6, 6.07) is 4.14. The lowest BCUT2D eigenvalue weighted by Crippen LogP contribution is -2.52. The fourth-order valence-electron chi connectivity index (χ4n) is 2.20. The van der Waals surface area contributed by atoms with Crippen LogP contribution in [0.5, 0.6) is 5.75 Å². The van der Waals surface area contributed by atoms with Gasteiger partial charge in [0.1, 0.15) is 11.6 Å². The highest BCUT2D eigenvalue weighted by Crippen LogP contribution is 2.24. The second kappa shape index (κ2) is 8.41. The molecule has 2 rings (SSSR count). The zero-order valence-corrected chi connectivity index (χ0v) is 13.3. The summed E-state index contributed by atoms with van der Waals surface area (Å²) >= 11 is 5.85. The van der Waals surface area contributed by atoms with E-state index in [0.717, 1.165) is 19.6 Å². The maximum Gasteiger partial charge on any atom is 0.226 e. The zero-order valence-electron chi connectivity index (χ0n) is 11.8. The molecule has 0 saturated carbocycles. The van der Waals surface area contributed by atoms with Gasteiger partial charge in [0.25, 0.3) is 0 Å². The molecule has 1 aliphatic heterocycles. The molecule has 1 aromatic rings. The molecule has 1 aliphatic rings. The van der Waals surface area contributed by atoms with E-state index in [9.17, 15) is 9.18 Å². The third kappa shape index (κ3) is 5.02. The Kier molecular flexibility index (Phi) is 7.22. The van der Waals surface area contributed by atoms with E-state index in [-0.39, 0.29) is 42.4 Å². The number of carbonyl (C=O) groups is 1. The van der Waals surface area contributed by atoms with Crippen molar-refractivity contribution in [2.75, 3.05) is 26.2 Å². The van der Waals surface area contributed by atoms with Crippen molar-refractivity contribution in [3.05, 3.63) is 29.0 Å². The van der Waals surface area contributed by atoms with E-state index in [1.54, 1.807) is 0 Å². The lowest BCUT2D eigenvalue weighted by atomic mass is 10.2. The molecule has 1 atom stereocenters. The van der Waals surface area contributed by atoms with Gasteiger partial charge in [-0.1, -0.05) is 11.6 Å². The van der Waals surface area contributed by atoms with Gasteiger partial charge in [0.2, 0.25) is 5.91 Å². The van der Waals surface area contributed by atoms with Crippen LogP contribution in [0.3, 0.4) is 0 Å². The van der Waals surface area contributed by atoms with Crippen LogP contribution in [0.4, 0.5) is 4.39 Å². The average molecular weight is 337 g/mol. The minimum absolute atomic E-state index is 0. The van der Waals surface area contributed by atoms with Gasteiger partial charge < -0.3 is 15.0 Å². The number of hydrogen-bond acceptors (Lipinski definition) is 3. The highest BCUT2D eigenvalue weighted by atomic mass is 35.5. The molecule has 1 fully saturated rings. The summed E-state index contributed by atoms with van der Waals surface area (Å²) in [5.74, 6) is 0.0551. The zero-order chi connectivity index (χ0) is 14.5. The minimum Gasteiger partial charge on any atom is -0.491 e. The average Bonchev–Trinajstić information content (AvgIpc) is 2.41. The first kappa shape index (κ1) is 18.0. The van der Waals surface area contributed by atoms with Gasteiger partial charge in [-0.15, -0.1) is 12.4 Å². The molecule has 0 unspecified atom stereocenters. The molecule has 0 aromatic heterocycles. The Labute approximate surface area is 135 Å². The molecule has 0 radical (unpaired) electrons. The van der Waals surface area contributed by atoms with Gasteiger partial charge in [-0.2, -0.15) is 0 Å². The molecule has 0 spiro atoms. The van der Waals surface area contributed by atoms with Gasteiger partial charge in [0.05, 0.1) is 18.1 Å². The number of halogens is 3. The Morgan fingerprint density at radius 3 is 3.00 bits per heavy atom. The van der Waals surface area contributed by atoms with E-state index in [2.05, 4.69) is 5.32 Å². The summed E-state index contributed by atoms with van der Waals surface area (Å²) in [7, 11) is 0. The van der Waals surface area contributed by atoms with Crippen LogP contribution in [0.1, 0.15) is 13.3 Å². The molecule has 1 amide bonds. The number of rotatable bonds is 4. The highest BCUT2D eigenvalue weighted by Gasteiger charge is 2.22. The van der Waals surface area contributed by atoms with E-state index in [0.29, 0.717) is 5.75 Å². The Morgan fingerprint density at radius 2 is 2.33 bits per heavy atom. The highest BCUT2D eigenvalue weighted by molar-refractivity contribution is 6.32. The number of nitrogens with zero attached hydrogens (tertiary/aromatic N) is 1. The van der Waals surface area contributed by atoms with Gasteiger partial charge in [0, 0.05) is 25.7 Å². The largest absolute Gasteiger partial charge is 0.491 e. The van der Waals surface area contributed by atoms with Gasteiger partial charge in [0.15, 0.2) is 0 Å². The fourth-order valence-corrected chi connectivity index (χ4v) is 2.42. The number of hydrogen-bond donors (Lipinski definition) is 1. The van der Waals surface area contributed by atoms with Crippen LogP contribution in [0.2, 0.25) is 5.02 Å². The van der Waals surface area contributed by atoms with Crippen molar-refractivity contribution in [1.29, 1.82) is 0 Å². The summed E-state index contributed by atoms with van der Waals surface area (Å²) < 4.78 is 18.3. The van der Waals surface area contributed by atoms with E-state index in [1.807, 2.05) is 11.8 Å². The van der Waals surface area contributed by atoms with E-state index in [1.165, 1.54) is 18.2 Å². The third-order valence-corrected chi connectivity index (χ3v) is 3.58. The normalized spacial score (nSPS) is 18.0. The molecular formula is C14H19Cl2FN2O2. The SMILES string of the molecule is C[C@H]1CNCCN1C(=O)CCOc1ccc(F)cc1Cl.Cl. The van der Waals surface area contributed by atoms with Gasteiger partial charge >= 0.3 is 0 Å². The molecule has 1 N–H and O–H groups in total. The number of carbonyl (C=O) groups excluding carboxylic acids is 1. The number of amides is 1. The first-order valence-electron chi connectivity index (χ1n) is 6.66. The number of piperazine rings is 1. The Hall–Kier alpha value is -1.04. The summed E-state index contributed by atoms with van der Waals surface area (Å²) in [5.41, 5.74) is 0. The first-order valence-corrected chi connectivity index (χ1v) is 7.04. The molecular weight excluding hydrogens is 318 g/mol. The number of nitrogens with one attached hydrogen (secondary N) is 1. The molecule has 7 heteroatoms. The molecule has 0 bridgehead atoms. The molecule has 21 heavy (non-hydrogen) atoms. The fraction of sp³-hybridized carbons (Fsp3) is 0.500. The Balaban J connectivity index is 0.00000220.